The summed E-state index contributed by atoms with van der Waals surface area (Å²) in [4.78, 5) is 36.8. The number of carbonyl (C=O) groups is 3. The van der Waals surface area contributed by atoms with E-state index in [0.29, 0.717) is 11.3 Å². The number of hydrogen-bond acceptors (Lipinski definition) is 6. The highest BCUT2D eigenvalue weighted by molar-refractivity contribution is 6.08. The number of rotatable bonds is 5. The molecule has 1 amide bonds. The van der Waals surface area contributed by atoms with Gasteiger partial charge < -0.3 is 19.5 Å². The van der Waals surface area contributed by atoms with E-state index in [0.717, 1.165) is 4.90 Å². The summed E-state index contributed by atoms with van der Waals surface area (Å²) in [5.41, 5.74) is 0.503. The molecule has 1 atom stereocenters. The average Bonchev–Trinajstić information content (AvgIpc) is 2.79. The number of esters is 1. The average molecular weight is 319 g/mol. The van der Waals surface area contributed by atoms with Crippen LogP contribution in [-0.4, -0.2) is 48.4 Å². The highest BCUT2D eigenvalue weighted by Gasteiger charge is 2.43. The van der Waals surface area contributed by atoms with E-state index >= 15 is 0 Å². The fourth-order valence-corrected chi connectivity index (χ4v) is 2.54. The van der Waals surface area contributed by atoms with E-state index in [4.69, 9.17) is 4.74 Å². The fourth-order valence-electron chi connectivity index (χ4n) is 2.54. The summed E-state index contributed by atoms with van der Waals surface area (Å²) in [6, 6.07) is 5.87. The van der Waals surface area contributed by atoms with Crippen LogP contribution in [0.4, 0.5) is 0 Å². The van der Waals surface area contributed by atoms with Gasteiger partial charge in [0.1, 0.15) is 12.3 Å². The van der Waals surface area contributed by atoms with E-state index in [-0.39, 0.29) is 12.1 Å². The van der Waals surface area contributed by atoms with E-state index in [1.807, 2.05) is 0 Å². The molecule has 1 N–H and O–H groups in total. The zero-order valence-corrected chi connectivity index (χ0v) is 13.0. The van der Waals surface area contributed by atoms with Crippen molar-refractivity contribution in [1.82, 2.24) is 4.90 Å². The molecule has 1 heterocycles. The van der Waals surface area contributed by atoms with Gasteiger partial charge in [-0.3, -0.25) is 14.4 Å². The van der Waals surface area contributed by atoms with Crippen LogP contribution in [0.5, 0.6) is 5.75 Å². The van der Waals surface area contributed by atoms with Crippen molar-refractivity contribution in [2.45, 2.75) is 13.0 Å². The summed E-state index contributed by atoms with van der Waals surface area (Å²) in [5, 5.41) is 10.0. The maximum Gasteiger partial charge on any atom is 0.325 e. The predicted octanol–water partition coefficient (Wildman–Crippen LogP) is 1.15. The number of amides is 1. The predicted molar refractivity (Wildman–Crippen MR) is 79.8 cm³/mol. The van der Waals surface area contributed by atoms with Gasteiger partial charge in [-0.1, -0.05) is 12.1 Å². The van der Waals surface area contributed by atoms with Crippen LogP contribution in [-0.2, 0) is 19.1 Å². The number of ketones is 1. The standard InChI is InChI=1S/C16H17NO6/c1-9(18)13-14(10-5-4-6-11(7-10)22-2)17(8-12(19)23-3)16(21)15(13)20/h4-7,14,20H,8H2,1-3H3/t14-/m1/s1. The van der Waals surface area contributed by atoms with Crippen molar-refractivity contribution in [1.29, 1.82) is 0 Å². The number of carbonyl (C=O) groups excluding carboxylic acids is 3. The molecule has 0 saturated heterocycles. The minimum Gasteiger partial charge on any atom is -0.503 e. The van der Waals surface area contributed by atoms with Crippen LogP contribution in [0, 0.1) is 0 Å². The number of ether oxygens (including phenoxy) is 2. The van der Waals surface area contributed by atoms with E-state index in [9.17, 15) is 19.5 Å². The Bertz CT molecular complexity index is 694. The van der Waals surface area contributed by atoms with Gasteiger partial charge >= 0.3 is 5.97 Å². The molecule has 0 radical (unpaired) electrons. The molecule has 1 aromatic rings. The third kappa shape index (κ3) is 3.03. The first-order chi connectivity index (χ1) is 10.9. The van der Waals surface area contributed by atoms with E-state index < -0.39 is 29.5 Å². The van der Waals surface area contributed by atoms with Gasteiger partial charge in [-0.2, -0.15) is 0 Å². The first-order valence-electron chi connectivity index (χ1n) is 6.86. The van der Waals surface area contributed by atoms with Gasteiger partial charge in [0.25, 0.3) is 5.91 Å². The van der Waals surface area contributed by atoms with Gasteiger partial charge in [0.05, 0.1) is 25.8 Å². The maximum absolute atomic E-state index is 12.2. The third-order valence-corrected chi connectivity index (χ3v) is 3.62. The summed E-state index contributed by atoms with van der Waals surface area (Å²) in [6.07, 6.45) is 0. The molecular weight excluding hydrogens is 302 g/mol. The largest absolute Gasteiger partial charge is 0.503 e. The molecule has 122 valence electrons. The van der Waals surface area contributed by atoms with Crippen molar-refractivity contribution < 1.29 is 29.0 Å². The molecule has 0 aromatic heterocycles. The number of benzene rings is 1. The lowest BCUT2D eigenvalue weighted by Gasteiger charge is -2.25. The van der Waals surface area contributed by atoms with E-state index in [1.165, 1.54) is 21.1 Å². The van der Waals surface area contributed by atoms with Crippen LogP contribution in [0.1, 0.15) is 18.5 Å². The van der Waals surface area contributed by atoms with Crippen LogP contribution in [0.15, 0.2) is 35.6 Å². The Morgan fingerprint density at radius 1 is 1.30 bits per heavy atom. The number of Topliss-reactive ketones (excluding diaryl/α,β-unsaturated/α-hetero) is 1. The van der Waals surface area contributed by atoms with Crippen LogP contribution in [0.2, 0.25) is 0 Å². The fraction of sp³-hybridized carbons (Fsp3) is 0.312. The normalized spacial score (nSPS) is 17.4. The molecule has 23 heavy (non-hydrogen) atoms. The zero-order chi connectivity index (χ0) is 17.1. The second-order valence-electron chi connectivity index (χ2n) is 5.01. The molecular formula is C16H17NO6. The molecule has 0 spiro atoms. The Morgan fingerprint density at radius 3 is 2.57 bits per heavy atom. The van der Waals surface area contributed by atoms with Gasteiger partial charge in [-0.05, 0) is 24.6 Å². The molecule has 0 aliphatic carbocycles. The van der Waals surface area contributed by atoms with Gasteiger partial charge in [-0.25, -0.2) is 0 Å². The topological polar surface area (TPSA) is 93.1 Å². The first-order valence-corrected chi connectivity index (χ1v) is 6.86. The smallest absolute Gasteiger partial charge is 0.325 e. The van der Waals surface area contributed by atoms with Gasteiger partial charge in [0, 0.05) is 0 Å². The minimum atomic E-state index is -0.866. The first kappa shape index (κ1) is 16.5. The van der Waals surface area contributed by atoms with E-state index in [1.54, 1.807) is 24.3 Å². The lowest BCUT2D eigenvalue weighted by Crippen LogP contribution is -2.36. The number of hydrogen-bond donors (Lipinski definition) is 1. The van der Waals surface area contributed by atoms with Crippen LogP contribution < -0.4 is 4.74 Å². The van der Waals surface area contributed by atoms with Crippen molar-refractivity contribution >= 4 is 17.7 Å². The van der Waals surface area contributed by atoms with Crippen molar-refractivity contribution in [3.05, 3.63) is 41.2 Å². The van der Waals surface area contributed by atoms with Crippen molar-refractivity contribution in [3.63, 3.8) is 0 Å². The number of methoxy groups -OCH3 is 2. The van der Waals surface area contributed by atoms with E-state index in [2.05, 4.69) is 4.74 Å². The molecule has 7 heteroatoms. The van der Waals surface area contributed by atoms with Crippen LogP contribution >= 0.6 is 0 Å². The van der Waals surface area contributed by atoms with Crippen molar-refractivity contribution in [2.24, 2.45) is 0 Å². The summed E-state index contributed by atoms with van der Waals surface area (Å²) in [6.45, 7) is 0.881. The molecule has 0 fully saturated rings. The van der Waals surface area contributed by atoms with Crippen LogP contribution in [0.3, 0.4) is 0 Å². The molecule has 0 bridgehead atoms. The van der Waals surface area contributed by atoms with Crippen molar-refractivity contribution in [2.75, 3.05) is 20.8 Å². The molecule has 0 saturated carbocycles. The highest BCUT2D eigenvalue weighted by atomic mass is 16.5. The minimum absolute atomic E-state index is 0.0489. The molecule has 2 rings (SSSR count). The Hall–Kier alpha value is -2.83. The Balaban J connectivity index is 2.53. The van der Waals surface area contributed by atoms with Gasteiger partial charge in [0.15, 0.2) is 11.5 Å². The van der Waals surface area contributed by atoms with Gasteiger partial charge in [0.2, 0.25) is 0 Å². The van der Waals surface area contributed by atoms with Gasteiger partial charge in [-0.15, -0.1) is 0 Å². The quantitative estimate of drug-likeness (QED) is 0.818. The third-order valence-electron chi connectivity index (χ3n) is 3.62. The molecule has 1 aliphatic heterocycles. The summed E-state index contributed by atoms with van der Waals surface area (Å²) < 4.78 is 9.72. The SMILES string of the molecule is COC(=O)CN1C(=O)C(O)=C(C(C)=O)[C@H]1c1cccc(OC)c1. The second-order valence-corrected chi connectivity index (χ2v) is 5.01. The Kier molecular flexibility index (Phi) is 4.68. The maximum atomic E-state index is 12.2. The Morgan fingerprint density at radius 2 is 2.00 bits per heavy atom. The summed E-state index contributed by atoms with van der Waals surface area (Å²) in [7, 11) is 2.69. The van der Waals surface area contributed by atoms with Crippen molar-refractivity contribution in [3.8, 4) is 5.75 Å². The second kappa shape index (κ2) is 6.51. The van der Waals surface area contributed by atoms with Crippen LogP contribution in [0.25, 0.3) is 0 Å². The Labute approximate surface area is 133 Å². The molecule has 1 aliphatic rings. The number of aliphatic hydroxyl groups is 1. The molecule has 1 aromatic carbocycles. The lowest BCUT2D eigenvalue weighted by molar-refractivity contribution is -0.146. The summed E-state index contributed by atoms with van der Waals surface area (Å²) >= 11 is 0. The molecule has 7 nitrogen and oxygen atoms in total. The monoisotopic (exact) mass is 319 g/mol. The highest BCUT2D eigenvalue weighted by Crippen LogP contribution is 2.38. The molecule has 0 unspecified atom stereocenters. The number of nitrogens with zero attached hydrogens (tertiary/aromatic N) is 1. The summed E-state index contributed by atoms with van der Waals surface area (Å²) in [5.74, 6) is -2.00. The zero-order valence-electron chi connectivity index (χ0n) is 13.0. The number of aliphatic hydroxyl groups excluding tert-OH is 1. The lowest BCUT2D eigenvalue weighted by atomic mass is 9.96.